The normalized spacial score (nSPS) is 11.9. The largest absolute Gasteiger partial charge is 0.478 e. The Hall–Kier alpha value is -1.57. The molecule has 0 aliphatic rings. The van der Waals surface area contributed by atoms with Crippen LogP contribution in [-0.2, 0) is 11.2 Å². The van der Waals surface area contributed by atoms with Crippen molar-refractivity contribution >= 4 is 11.5 Å². The van der Waals surface area contributed by atoms with Gasteiger partial charge in [0.15, 0.2) is 0 Å². The molecule has 1 aromatic carbocycles. The maximum absolute atomic E-state index is 10.8. The van der Waals surface area contributed by atoms with E-state index in [1.807, 2.05) is 12.1 Å². The summed E-state index contributed by atoms with van der Waals surface area (Å²) in [5.74, 6) is -0.231. The maximum atomic E-state index is 10.8. The van der Waals surface area contributed by atoms with Crippen LogP contribution in [0.25, 0.3) is 5.57 Å². The fraction of sp³-hybridized carbons (Fsp3) is 0.438. The van der Waals surface area contributed by atoms with Crippen molar-refractivity contribution < 1.29 is 9.90 Å². The summed E-state index contributed by atoms with van der Waals surface area (Å²) in [6.45, 7) is 6.45. The Morgan fingerprint density at radius 3 is 2.33 bits per heavy atom. The van der Waals surface area contributed by atoms with E-state index >= 15 is 0 Å². The average molecular weight is 246 g/mol. The lowest BCUT2D eigenvalue weighted by Crippen LogP contribution is -1.96. The first-order valence-electron chi connectivity index (χ1n) is 6.55. The number of rotatable bonds is 6. The van der Waals surface area contributed by atoms with Crippen LogP contribution in [-0.4, -0.2) is 11.1 Å². The Kier molecular flexibility index (Phi) is 5.63. The molecule has 0 fully saturated rings. The molecule has 0 atom stereocenters. The van der Waals surface area contributed by atoms with Gasteiger partial charge in [-0.15, -0.1) is 0 Å². The number of benzene rings is 1. The second kappa shape index (κ2) is 7.00. The van der Waals surface area contributed by atoms with Crippen molar-refractivity contribution in [2.45, 2.75) is 40.0 Å². The van der Waals surface area contributed by atoms with Crippen LogP contribution in [0.1, 0.15) is 44.7 Å². The molecule has 98 valence electrons. The molecule has 0 bridgehead atoms. The highest BCUT2D eigenvalue weighted by Crippen LogP contribution is 2.21. The van der Waals surface area contributed by atoms with Crippen LogP contribution in [0, 0.1) is 5.92 Å². The van der Waals surface area contributed by atoms with Crippen LogP contribution in [0.5, 0.6) is 0 Å². The Morgan fingerprint density at radius 2 is 1.89 bits per heavy atom. The van der Waals surface area contributed by atoms with Gasteiger partial charge in [0, 0.05) is 6.08 Å². The molecule has 0 aromatic heterocycles. The van der Waals surface area contributed by atoms with E-state index in [-0.39, 0.29) is 0 Å². The quantitative estimate of drug-likeness (QED) is 0.765. The van der Waals surface area contributed by atoms with E-state index in [0.717, 1.165) is 30.4 Å². The Bertz CT molecular complexity index is 413. The number of carbonyl (C=O) groups is 1. The van der Waals surface area contributed by atoms with Gasteiger partial charge < -0.3 is 5.11 Å². The topological polar surface area (TPSA) is 37.3 Å². The molecule has 1 rings (SSSR count). The van der Waals surface area contributed by atoms with E-state index in [2.05, 4.69) is 32.9 Å². The summed E-state index contributed by atoms with van der Waals surface area (Å²) in [7, 11) is 0. The molecule has 0 unspecified atom stereocenters. The molecular formula is C16H22O2. The first kappa shape index (κ1) is 14.5. The zero-order valence-corrected chi connectivity index (χ0v) is 11.4. The van der Waals surface area contributed by atoms with E-state index in [1.54, 1.807) is 0 Å². The summed E-state index contributed by atoms with van der Waals surface area (Å²) in [4.78, 5) is 10.8. The molecule has 1 N–H and O–H groups in total. The van der Waals surface area contributed by atoms with E-state index in [0.29, 0.717) is 5.92 Å². The smallest absolute Gasteiger partial charge is 0.328 e. The molecular weight excluding hydrogens is 224 g/mol. The summed E-state index contributed by atoms with van der Waals surface area (Å²) >= 11 is 0. The van der Waals surface area contributed by atoms with Crippen LogP contribution in [0.3, 0.4) is 0 Å². The summed E-state index contributed by atoms with van der Waals surface area (Å²) in [6.07, 6.45) is 4.13. The van der Waals surface area contributed by atoms with Crippen molar-refractivity contribution in [1.29, 1.82) is 0 Å². The van der Waals surface area contributed by atoms with Crippen LogP contribution in [0.15, 0.2) is 30.3 Å². The molecule has 0 heterocycles. The van der Waals surface area contributed by atoms with Gasteiger partial charge >= 0.3 is 5.97 Å². The average Bonchev–Trinajstić information content (AvgIpc) is 2.28. The minimum atomic E-state index is -0.871. The number of aliphatic carboxylic acids is 1. The third-order valence-electron chi connectivity index (χ3n) is 2.79. The summed E-state index contributed by atoms with van der Waals surface area (Å²) in [6, 6.07) is 8.26. The van der Waals surface area contributed by atoms with Gasteiger partial charge in [-0.25, -0.2) is 4.79 Å². The van der Waals surface area contributed by atoms with Gasteiger partial charge in [0.2, 0.25) is 0 Å². The molecule has 2 heteroatoms. The predicted octanol–water partition coefficient (Wildman–Crippen LogP) is 4.15. The number of allylic oxidation sites excluding steroid dienone is 1. The molecule has 18 heavy (non-hydrogen) atoms. The van der Waals surface area contributed by atoms with Crippen LogP contribution >= 0.6 is 0 Å². The van der Waals surface area contributed by atoms with Gasteiger partial charge in [-0.05, 0) is 35.5 Å². The first-order chi connectivity index (χ1) is 8.52. The predicted molar refractivity (Wildman–Crippen MR) is 75.5 cm³/mol. The fourth-order valence-corrected chi connectivity index (χ4v) is 2.04. The van der Waals surface area contributed by atoms with Gasteiger partial charge in [-0.3, -0.25) is 0 Å². The van der Waals surface area contributed by atoms with Gasteiger partial charge in [0.1, 0.15) is 0 Å². The lowest BCUT2D eigenvalue weighted by molar-refractivity contribution is -0.131. The number of hydrogen-bond acceptors (Lipinski definition) is 1. The highest BCUT2D eigenvalue weighted by atomic mass is 16.4. The molecule has 1 aromatic rings. The van der Waals surface area contributed by atoms with Crippen LogP contribution in [0.4, 0.5) is 0 Å². The van der Waals surface area contributed by atoms with Gasteiger partial charge in [-0.2, -0.15) is 0 Å². The minimum absolute atomic E-state index is 0.639. The van der Waals surface area contributed by atoms with Crippen LogP contribution < -0.4 is 0 Å². The monoisotopic (exact) mass is 246 g/mol. The van der Waals surface area contributed by atoms with Crippen molar-refractivity contribution in [2.75, 3.05) is 0 Å². The second-order valence-corrected chi connectivity index (χ2v) is 5.05. The molecule has 0 saturated heterocycles. The summed E-state index contributed by atoms with van der Waals surface area (Å²) in [5.41, 5.74) is 3.23. The molecule has 2 nitrogen and oxygen atoms in total. The van der Waals surface area contributed by atoms with Crippen molar-refractivity contribution in [1.82, 2.24) is 0 Å². The Labute approximate surface area is 109 Å². The molecule has 0 aliphatic heterocycles. The zero-order valence-electron chi connectivity index (χ0n) is 11.4. The molecule has 0 amide bonds. The second-order valence-electron chi connectivity index (χ2n) is 5.05. The number of carboxylic acids is 1. The van der Waals surface area contributed by atoms with E-state index in [4.69, 9.17) is 5.11 Å². The minimum Gasteiger partial charge on any atom is -0.478 e. The fourth-order valence-electron chi connectivity index (χ4n) is 2.04. The molecule has 0 aliphatic carbocycles. The number of hydrogen-bond donors (Lipinski definition) is 1. The number of carboxylic acid groups (broad SMARTS) is 1. The highest BCUT2D eigenvalue weighted by molar-refractivity contribution is 5.90. The lowest BCUT2D eigenvalue weighted by Gasteiger charge is -2.08. The summed E-state index contributed by atoms with van der Waals surface area (Å²) < 4.78 is 0. The van der Waals surface area contributed by atoms with Gasteiger partial charge in [0.05, 0.1) is 0 Å². The molecule has 0 radical (unpaired) electrons. The SMILES string of the molecule is CCC/C(=C\C(=O)O)c1ccc(CC(C)C)cc1. The first-order valence-corrected chi connectivity index (χ1v) is 6.55. The molecule has 0 spiro atoms. The van der Waals surface area contributed by atoms with Crippen molar-refractivity contribution in [3.05, 3.63) is 41.5 Å². The van der Waals surface area contributed by atoms with Gasteiger partial charge in [-0.1, -0.05) is 51.5 Å². The highest BCUT2D eigenvalue weighted by Gasteiger charge is 2.04. The van der Waals surface area contributed by atoms with Crippen LogP contribution in [0.2, 0.25) is 0 Å². The molecule has 0 saturated carbocycles. The van der Waals surface area contributed by atoms with E-state index in [9.17, 15) is 4.79 Å². The standard InChI is InChI=1S/C16H22O2/c1-4-5-15(11-16(17)18)14-8-6-13(7-9-14)10-12(2)3/h6-9,11-12H,4-5,10H2,1-3H3,(H,17,18)/b15-11+. The van der Waals surface area contributed by atoms with Crippen molar-refractivity contribution in [3.63, 3.8) is 0 Å². The van der Waals surface area contributed by atoms with Crippen molar-refractivity contribution in [3.8, 4) is 0 Å². The van der Waals surface area contributed by atoms with E-state index < -0.39 is 5.97 Å². The zero-order chi connectivity index (χ0) is 13.5. The van der Waals surface area contributed by atoms with E-state index in [1.165, 1.54) is 11.6 Å². The van der Waals surface area contributed by atoms with Gasteiger partial charge in [0.25, 0.3) is 0 Å². The third-order valence-corrected chi connectivity index (χ3v) is 2.79. The maximum Gasteiger partial charge on any atom is 0.328 e. The van der Waals surface area contributed by atoms with Crippen molar-refractivity contribution in [2.24, 2.45) is 5.92 Å². The third kappa shape index (κ3) is 4.74. The Balaban J connectivity index is 2.90. The lowest BCUT2D eigenvalue weighted by atomic mass is 9.97. The summed E-state index contributed by atoms with van der Waals surface area (Å²) in [5, 5.41) is 8.87. The Morgan fingerprint density at radius 1 is 1.28 bits per heavy atom.